The quantitative estimate of drug-likeness (QED) is 0.691. The number of hydrogen-bond acceptors (Lipinski definition) is 3. The zero-order valence-electron chi connectivity index (χ0n) is 13.1. The number of methoxy groups -OCH3 is 1. The van der Waals surface area contributed by atoms with Crippen molar-refractivity contribution in [1.29, 1.82) is 0 Å². The Labute approximate surface area is 145 Å². The van der Waals surface area contributed by atoms with Gasteiger partial charge in [0.2, 0.25) is 5.91 Å². The third kappa shape index (κ3) is 6.42. The summed E-state index contributed by atoms with van der Waals surface area (Å²) in [5, 5.41) is 6.17. The molecule has 2 aromatic rings. The highest BCUT2D eigenvalue weighted by Gasteiger charge is 2.02. The molecule has 5 heteroatoms. The fraction of sp³-hybridized carbons (Fsp3) is 0.278. The van der Waals surface area contributed by atoms with Gasteiger partial charge in [-0.2, -0.15) is 0 Å². The van der Waals surface area contributed by atoms with Crippen LogP contribution in [-0.2, 0) is 11.2 Å². The number of carbonyl (C=O) groups excluding carboxylic acids is 1. The maximum Gasteiger partial charge on any atom is 0.225 e. The number of ether oxygens (including phenoxy) is 1. The van der Waals surface area contributed by atoms with E-state index in [1.807, 2.05) is 42.5 Å². The maximum atomic E-state index is 11.9. The molecule has 0 spiro atoms. The van der Waals surface area contributed by atoms with Gasteiger partial charge in [-0.25, -0.2) is 0 Å². The molecule has 23 heavy (non-hydrogen) atoms. The second kappa shape index (κ2) is 9.33. The summed E-state index contributed by atoms with van der Waals surface area (Å²) in [6, 6.07) is 15.6. The summed E-state index contributed by atoms with van der Waals surface area (Å²) in [5.41, 5.74) is 2.02. The van der Waals surface area contributed by atoms with E-state index in [1.165, 1.54) is 5.56 Å². The van der Waals surface area contributed by atoms with Crippen LogP contribution in [0.15, 0.2) is 53.0 Å². The highest BCUT2D eigenvalue weighted by Crippen LogP contribution is 2.15. The first-order valence-electron chi connectivity index (χ1n) is 7.56. The Bertz CT molecular complexity index is 646. The first-order valence-corrected chi connectivity index (χ1v) is 8.36. The average Bonchev–Trinajstić information content (AvgIpc) is 2.55. The van der Waals surface area contributed by atoms with Crippen LogP contribution in [0.5, 0.6) is 5.75 Å². The number of rotatable bonds is 8. The lowest BCUT2D eigenvalue weighted by molar-refractivity contribution is -0.116. The smallest absolute Gasteiger partial charge is 0.225 e. The fourth-order valence-corrected chi connectivity index (χ4v) is 2.58. The van der Waals surface area contributed by atoms with Crippen LogP contribution in [0.4, 0.5) is 5.69 Å². The number of carbonyl (C=O) groups is 1. The molecule has 1 amide bonds. The van der Waals surface area contributed by atoms with Crippen molar-refractivity contribution in [2.24, 2.45) is 0 Å². The first kappa shape index (κ1) is 17.5. The van der Waals surface area contributed by atoms with E-state index in [0.717, 1.165) is 28.9 Å². The van der Waals surface area contributed by atoms with Gasteiger partial charge in [0, 0.05) is 23.1 Å². The van der Waals surface area contributed by atoms with Crippen molar-refractivity contribution in [2.75, 3.05) is 25.5 Å². The molecular formula is C18H21BrN2O2. The summed E-state index contributed by atoms with van der Waals surface area (Å²) < 4.78 is 6.15. The Morgan fingerprint density at radius 3 is 2.74 bits per heavy atom. The molecule has 2 N–H and O–H groups in total. The largest absolute Gasteiger partial charge is 0.497 e. The lowest BCUT2D eigenvalue weighted by Crippen LogP contribution is -2.23. The number of nitrogens with one attached hydrogen (secondary N) is 2. The van der Waals surface area contributed by atoms with Crippen LogP contribution in [0.3, 0.4) is 0 Å². The number of halogens is 1. The molecule has 0 radical (unpaired) electrons. The van der Waals surface area contributed by atoms with E-state index < -0.39 is 0 Å². The Kier molecular flexibility index (Phi) is 7.10. The summed E-state index contributed by atoms with van der Waals surface area (Å²) >= 11 is 3.39. The number of hydrogen-bond donors (Lipinski definition) is 2. The van der Waals surface area contributed by atoms with Crippen LogP contribution >= 0.6 is 15.9 Å². The predicted molar refractivity (Wildman–Crippen MR) is 97.0 cm³/mol. The fourth-order valence-electron chi connectivity index (χ4n) is 2.18. The van der Waals surface area contributed by atoms with Crippen LogP contribution in [0, 0.1) is 0 Å². The zero-order chi connectivity index (χ0) is 16.5. The summed E-state index contributed by atoms with van der Waals surface area (Å²) in [4.78, 5) is 11.9. The molecular weight excluding hydrogens is 356 g/mol. The average molecular weight is 377 g/mol. The molecule has 2 aromatic carbocycles. The molecule has 0 aliphatic rings. The van der Waals surface area contributed by atoms with Gasteiger partial charge in [0.1, 0.15) is 5.75 Å². The topological polar surface area (TPSA) is 50.4 Å². The molecule has 0 bridgehead atoms. The van der Waals surface area contributed by atoms with E-state index in [2.05, 4.69) is 32.6 Å². The lowest BCUT2D eigenvalue weighted by atomic mass is 10.1. The van der Waals surface area contributed by atoms with Gasteiger partial charge in [0.15, 0.2) is 0 Å². The summed E-state index contributed by atoms with van der Waals surface area (Å²) in [6.07, 6.45) is 1.36. The first-order chi connectivity index (χ1) is 11.2. The van der Waals surface area contributed by atoms with Crippen LogP contribution < -0.4 is 15.4 Å². The van der Waals surface area contributed by atoms with Gasteiger partial charge in [-0.3, -0.25) is 4.79 Å². The number of benzene rings is 2. The molecule has 0 fully saturated rings. The second-order valence-corrected chi connectivity index (χ2v) is 6.08. The SMILES string of the molecule is COc1cccc(CCNCCC(=O)Nc2cccc(Br)c2)c1. The van der Waals surface area contributed by atoms with E-state index in [4.69, 9.17) is 4.74 Å². The molecule has 0 heterocycles. The van der Waals surface area contributed by atoms with Gasteiger partial charge >= 0.3 is 0 Å². The monoisotopic (exact) mass is 376 g/mol. The Balaban J connectivity index is 1.64. The van der Waals surface area contributed by atoms with Crippen molar-refractivity contribution in [2.45, 2.75) is 12.8 Å². The summed E-state index contributed by atoms with van der Waals surface area (Å²) in [7, 11) is 1.67. The predicted octanol–water partition coefficient (Wildman–Crippen LogP) is 3.62. The third-order valence-corrected chi connectivity index (χ3v) is 3.86. The normalized spacial score (nSPS) is 10.3. The van der Waals surface area contributed by atoms with Crippen molar-refractivity contribution < 1.29 is 9.53 Å². The van der Waals surface area contributed by atoms with Crippen LogP contribution in [0.1, 0.15) is 12.0 Å². The van der Waals surface area contributed by atoms with Crippen molar-refractivity contribution >= 4 is 27.5 Å². The second-order valence-electron chi connectivity index (χ2n) is 5.16. The van der Waals surface area contributed by atoms with E-state index in [1.54, 1.807) is 7.11 Å². The van der Waals surface area contributed by atoms with Crippen molar-refractivity contribution in [3.8, 4) is 5.75 Å². The highest BCUT2D eigenvalue weighted by atomic mass is 79.9. The van der Waals surface area contributed by atoms with Crippen molar-refractivity contribution in [1.82, 2.24) is 5.32 Å². The summed E-state index contributed by atoms with van der Waals surface area (Å²) in [6.45, 7) is 1.49. The minimum absolute atomic E-state index is 0.0111. The van der Waals surface area contributed by atoms with E-state index in [0.29, 0.717) is 13.0 Å². The van der Waals surface area contributed by atoms with Gasteiger partial charge in [0.25, 0.3) is 0 Å². The number of amides is 1. The third-order valence-electron chi connectivity index (χ3n) is 3.36. The zero-order valence-corrected chi connectivity index (χ0v) is 14.7. The van der Waals surface area contributed by atoms with Gasteiger partial charge in [0.05, 0.1) is 7.11 Å². The standard InChI is InChI=1S/C18H21BrN2O2/c1-23-17-7-2-4-14(12-17)8-10-20-11-9-18(22)21-16-6-3-5-15(19)13-16/h2-7,12-13,20H,8-11H2,1H3,(H,21,22). The molecule has 0 aliphatic heterocycles. The van der Waals surface area contributed by atoms with Gasteiger partial charge < -0.3 is 15.4 Å². The molecule has 0 saturated carbocycles. The van der Waals surface area contributed by atoms with Gasteiger partial charge in [-0.1, -0.05) is 34.1 Å². The molecule has 0 aliphatic carbocycles. The minimum atomic E-state index is 0.0111. The molecule has 0 aromatic heterocycles. The Morgan fingerprint density at radius 2 is 1.96 bits per heavy atom. The van der Waals surface area contributed by atoms with Crippen LogP contribution in [-0.4, -0.2) is 26.1 Å². The molecule has 4 nitrogen and oxygen atoms in total. The molecule has 0 unspecified atom stereocenters. The van der Waals surface area contributed by atoms with Crippen molar-refractivity contribution in [3.63, 3.8) is 0 Å². The van der Waals surface area contributed by atoms with Crippen LogP contribution in [0.2, 0.25) is 0 Å². The Hall–Kier alpha value is -1.85. The van der Waals surface area contributed by atoms with Crippen LogP contribution in [0.25, 0.3) is 0 Å². The van der Waals surface area contributed by atoms with E-state index in [-0.39, 0.29) is 5.91 Å². The van der Waals surface area contributed by atoms with Crippen molar-refractivity contribution in [3.05, 3.63) is 58.6 Å². The Morgan fingerprint density at radius 1 is 1.13 bits per heavy atom. The van der Waals surface area contributed by atoms with E-state index >= 15 is 0 Å². The molecule has 0 saturated heterocycles. The lowest BCUT2D eigenvalue weighted by Gasteiger charge is -2.08. The number of anilines is 1. The molecule has 122 valence electrons. The van der Waals surface area contributed by atoms with Gasteiger partial charge in [-0.15, -0.1) is 0 Å². The maximum absolute atomic E-state index is 11.9. The van der Waals surface area contributed by atoms with Gasteiger partial charge in [-0.05, 0) is 48.9 Å². The highest BCUT2D eigenvalue weighted by molar-refractivity contribution is 9.10. The summed E-state index contributed by atoms with van der Waals surface area (Å²) in [5.74, 6) is 0.882. The van der Waals surface area contributed by atoms with E-state index in [9.17, 15) is 4.79 Å². The molecule has 2 rings (SSSR count). The molecule has 0 atom stereocenters. The minimum Gasteiger partial charge on any atom is -0.497 e.